The van der Waals surface area contributed by atoms with E-state index in [-0.39, 0.29) is 17.0 Å². The van der Waals surface area contributed by atoms with E-state index in [1.54, 1.807) is 0 Å². The first kappa shape index (κ1) is 14.0. The lowest BCUT2D eigenvalue weighted by atomic mass is 9.95. The molecule has 0 atom stereocenters. The number of hydrogen-bond acceptors (Lipinski definition) is 2. The van der Waals surface area contributed by atoms with Gasteiger partial charge in [0.1, 0.15) is 0 Å². The molecule has 17 heavy (non-hydrogen) atoms. The second-order valence-corrected chi connectivity index (χ2v) is 4.39. The van der Waals surface area contributed by atoms with Gasteiger partial charge in [-0.3, -0.25) is 0 Å². The van der Waals surface area contributed by atoms with Gasteiger partial charge in [-0.05, 0) is 24.0 Å². The van der Waals surface area contributed by atoms with Gasteiger partial charge in [-0.25, -0.2) is 0 Å². The molecule has 0 radical (unpaired) electrons. The van der Waals surface area contributed by atoms with Crippen LogP contribution in [-0.4, -0.2) is 10.2 Å². The summed E-state index contributed by atoms with van der Waals surface area (Å²) in [6.07, 6.45) is -6.06. The summed E-state index contributed by atoms with van der Waals surface area (Å²) < 4.78 is 38.3. The van der Waals surface area contributed by atoms with Crippen molar-refractivity contribution in [3.63, 3.8) is 0 Å². The molecule has 0 heterocycles. The second kappa shape index (κ2) is 5.06. The van der Waals surface area contributed by atoms with Crippen LogP contribution in [0.15, 0.2) is 18.2 Å². The van der Waals surface area contributed by atoms with Gasteiger partial charge < -0.3 is 10.2 Å². The molecule has 1 aromatic carbocycles. The van der Waals surface area contributed by atoms with Crippen molar-refractivity contribution in [3.05, 3.63) is 34.9 Å². The van der Waals surface area contributed by atoms with E-state index in [1.165, 1.54) is 12.1 Å². The van der Waals surface area contributed by atoms with E-state index in [2.05, 4.69) is 0 Å². The van der Waals surface area contributed by atoms with Crippen molar-refractivity contribution >= 4 is 0 Å². The molecular weight excluding hydrogens is 233 g/mol. The van der Waals surface area contributed by atoms with Gasteiger partial charge in [0.25, 0.3) is 0 Å². The predicted molar refractivity (Wildman–Crippen MR) is 57.2 cm³/mol. The predicted octanol–water partition coefficient (Wildman–Crippen LogP) is 2.89. The lowest BCUT2D eigenvalue weighted by molar-refractivity contribution is -0.138. The molecule has 2 N–H and O–H groups in total. The highest BCUT2D eigenvalue weighted by atomic mass is 19.4. The summed E-state index contributed by atoms with van der Waals surface area (Å²) in [4.78, 5) is 0. The maximum absolute atomic E-state index is 12.8. The summed E-state index contributed by atoms with van der Waals surface area (Å²) in [6, 6.07) is 3.40. The standard InChI is InChI=1S/C12H15F3O2/c1-7(2)5-8-3-4-9(11(16)17)6-10(8)12(13,14)15/h3-4,6-7,11,16-17H,5H2,1-2H3. The third kappa shape index (κ3) is 3.71. The summed E-state index contributed by atoms with van der Waals surface area (Å²) in [7, 11) is 0. The summed E-state index contributed by atoms with van der Waals surface area (Å²) in [5.41, 5.74) is -0.765. The molecule has 0 aliphatic heterocycles. The number of benzene rings is 1. The Kier molecular flexibility index (Phi) is 4.16. The van der Waals surface area contributed by atoms with E-state index in [4.69, 9.17) is 10.2 Å². The van der Waals surface area contributed by atoms with Crippen molar-refractivity contribution in [3.8, 4) is 0 Å². The van der Waals surface area contributed by atoms with Gasteiger partial charge in [0.2, 0.25) is 0 Å². The summed E-state index contributed by atoms with van der Waals surface area (Å²) in [5, 5.41) is 17.7. The highest BCUT2D eigenvalue weighted by molar-refractivity contribution is 5.35. The van der Waals surface area contributed by atoms with Gasteiger partial charge in [-0.1, -0.05) is 26.0 Å². The van der Waals surface area contributed by atoms with Gasteiger partial charge in [0, 0.05) is 5.56 Å². The van der Waals surface area contributed by atoms with Gasteiger partial charge >= 0.3 is 6.18 Å². The van der Waals surface area contributed by atoms with E-state index in [0.717, 1.165) is 6.07 Å². The minimum atomic E-state index is -4.48. The average Bonchev–Trinajstić information content (AvgIpc) is 2.15. The molecule has 0 saturated carbocycles. The van der Waals surface area contributed by atoms with Crippen molar-refractivity contribution < 1.29 is 23.4 Å². The van der Waals surface area contributed by atoms with E-state index in [0.29, 0.717) is 6.42 Å². The third-order valence-corrected chi connectivity index (χ3v) is 2.37. The molecule has 1 aromatic rings. The average molecular weight is 248 g/mol. The van der Waals surface area contributed by atoms with Crippen LogP contribution in [0.3, 0.4) is 0 Å². The van der Waals surface area contributed by atoms with Crippen LogP contribution < -0.4 is 0 Å². The van der Waals surface area contributed by atoms with Crippen LogP contribution in [-0.2, 0) is 12.6 Å². The zero-order valence-corrected chi connectivity index (χ0v) is 9.62. The third-order valence-electron chi connectivity index (χ3n) is 2.37. The van der Waals surface area contributed by atoms with E-state index >= 15 is 0 Å². The largest absolute Gasteiger partial charge is 0.416 e. The lowest BCUT2D eigenvalue weighted by Crippen LogP contribution is -2.12. The van der Waals surface area contributed by atoms with Crippen LogP contribution in [0.1, 0.15) is 36.8 Å². The maximum atomic E-state index is 12.8. The van der Waals surface area contributed by atoms with Crippen LogP contribution in [0.5, 0.6) is 0 Å². The minimum absolute atomic E-state index is 0.0981. The Hall–Kier alpha value is -1.07. The van der Waals surface area contributed by atoms with Crippen molar-refractivity contribution in [2.75, 3.05) is 0 Å². The zero-order chi connectivity index (χ0) is 13.2. The Morgan fingerprint density at radius 3 is 2.18 bits per heavy atom. The summed E-state index contributed by atoms with van der Waals surface area (Å²) in [5.74, 6) is 0.0981. The molecule has 5 heteroatoms. The van der Waals surface area contributed by atoms with Crippen molar-refractivity contribution in [1.29, 1.82) is 0 Å². The van der Waals surface area contributed by atoms with Gasteiger partial charge in [0.05, 0.1) is 5.56 Å². The highest BCUT2D eigenvalue weighted by Gasteiger charge is 2.33. The van der Waals surface area contributed by atoms with Gasteiger partial charge in [-0.15, -0.1) is 0 Å². The molecule has 0 bridgehead atoms. The SMILES string of the molecule is CC(C)Cc1ccc(C(O)O)cc1C(F)(F)F. The summed E-state index contributed by atoms with van der Waals surface area (Å²) >= 11 is 0. The number of hydrogen-bond donors (Lipinski definition) is 2. The molecule has 0 fully saturated rings. The normalized spacial score (nSPS) is 12.5. The zero-order valence-electron chi connectivity index (χ0n) is 9.62. The van der Waals surface area contributed by atoms with Crippen molar-refractivity contribution in [2.45, 2.75) is 32.7 Å². The molecule has 0 spiro atoms. The Balaban J connectivity index is 3.22. The van der Waals surface area contributed by atoms with Crippen molar-refractivity contribution in [1.82, 2.24) is 0 Å². The number of rotatable bonds is 3. The molecule has 0 aromatic heterocycles. The summed E-state index contributed by atoms with van der Waals surface area (Å²) in [6.45, 7) is 3.66. The van der Waals surface area contributed by atoms with Crippen LogP contribution in [0, 0.1) is 5.92 Å². The molecule has 96 valence electrons. The number of aliphatic hydroxyl groups excluding tert-OH is 1. The van der Waals surface area contributed by atoms with Crippen LogP contribution in [0.25, 0.3) is 0 Å². The van der Waals surface area contributed by atoms with Gasteiger partial charge in [-0.2, -0.15) is 13.2 Å². The minimum Gasteiger partial charge on any atom is -0.364 e. The molecular formula is C12H15F3O2. The maximum Gasteiger partial charge on any atom is 0.416 e. The van der Waals surface area contributed by atoms with Gasteiger partial charge in [0.15, 0.2) is 6.29 Å². The van der Waals surface area contributed by atoms with Crippen LogP contribution in [0.2, 0.25) is 0 Å². The first-order chi connectivity index (χ1) is 7.71. The smallest absolute Gasteiger partial charge is 0.364 e. The molecule has 0 aliphatic rings. The lowest BCUT2D eigenvalue weighted by Gasteiger charge is -2.16. The monoisotopic (exact) mass is 248 g/mol. The highest BCUT2D eigenvalue weighted by Crippen LogP contribution is 2.34. The molecule has 2 nitrogen and oxygen atoms in total. The van der Waals surface area contributed by atoms with E-state index in [1.807, 2.05) is 13.8 Å². The molecule has 0 saturated heterocycles. The molecule has 1 rings (SSSR count). The van der Waals surface area contributed by atoms with Crippen LogP contribution >= 0.6 is 0 Å². The first-order valence-electron chi connectivity index (χ1n) is 5.28. The van der Waals surface area contributed by atoms with Crippen LogP contribution in [0.4, 0.5) is 13.2 Å². The Labute approximate surface area is 97.7 Å². The fraction of sp³-hybridized carbons (Fsp3) is 0.500. The van der Waals surface area contributed by atoms with Crippen molar-refractivity contribution in [2.24, 2.45) is 5.92 Å². The first-order valence-corrected chi connectivity index (χ1v) is 5.28. The fourth-order valence-corrected chi connectivity index (χ4v) is 1.64. The number of aliphatic hydroxyl groups is 2. The topological polar surface area (TPSA) is 40.5 Å². The second-order valence-electron chi connectivity index (χ2n) is 4.39. The Morgan fingerprint density at radius 2 is 1.76 bits per heavy atom. The fourth-order valence-electron chi connectivity index (χ4n) is 1.64. The molecule has 0 amide bonds. The van der Waals surface area contributed by atoms with E-state index < -0.39 is 18.0 Å². The number of halogens is 3. The molecule has 0 aliphatic carbocycles. The Bertz CT molecular complexity index is 384. The quantitative estimate of drug-likeness (QED) is 0.807. The molecule has 0 unspecified atom stereocenters. The number of alkyl halides is 3. The van der Waals surface area contributed by atoms with E-state index in [9.17, 15) is 13.2 Å². The Morgan fingerprint density at radius 1 is 1.18 bits per heavy atom.